The van der Waals surface area contributed by atoms with Gasteiger partial charge in [-0.3, -0.25) is 4.79 Å². The smallest absolute Gasteiger partial charge is 0.223 e. The molecule has 90 valence electrons. The number of amides is 1. The van der Waals surface area contributed by atoms with Crippen molar-refractivity contribution in [2.24, 2.45) is 17.8 Å². The molecular weight excluding hydrogens is 202 g/mol. The van der Waals surface area contributed by atoms with Crippen molar-refractivity contribution in [2.45, 2.75) is 32.1 Å². The fourth-order valence-corrected chi connectivity index (χ4v) is 2.84. The van der Waals surface area contributed by atoms with Gasteiger partial charge in [0.15, 0.2) is 0 Å². The minimum Gasteiger partial charge on any atom is -0.396 e. The first-order valence-electron chi connectivity index (χ1n) is 6.38. The maximum atomic E-state index is 11.9. The Bertz CT molecular complexity index is 275. The van der Waals surface area contributed by atoms with Crippen LogP contribution in [0, 0.1) is 17.8 Å². The monoisotopic (exact) mass is 223 g/mol. The molecule has 3 unspecified atom stereocenters. The molecule has 0 aromatic rings. The molecule has 2 rings (SSSR count). The van der Waals surface area contributed by atoms with E-state index < -0.39 is 0 Å². The lowest BCUT2D eigenvalue weighted by Crippen LogP contribution is -2.33. The number of aliphatic hydroxyl groups excluding tert-OH is 1. The van der Waals surface area contributed by atoms with Gasteiger partial charge in [0.05, 0.1) is 0 Å². The molecule has 0 spiro atoms. The Morgan fingerprint density at radius 2 is 2.12 bits per heavy atom. The third-order valence-electron chi connectivity index (χ3n) is 3.75. The molecule has 2 N–H and O–H groups in total. The molecule has 1 saturated carbocycles. The van der Waals surface area contributed by atoms with E-state index in [1.54, 1.807) is 0 Å². The number of unbranched alkanes of at least 4 members (excludes halogenated alkanes) is 2. The van der Waals surface area contributed by atoms with E-state index in [9.17, 15) is 4.79 Å². The Hall–Kier alpha value is -0.830. The molecule has 3 atom stereocenters. The van der Waals surface area contributed by atoms with Gasteiger partial charge >= 0.3 is 0 Å². The molecule has 1 fully saturated rings. The Kier molecular flexibility index (Phi) is 3.99. The van der Waals surface area contributed by atoms with E-state index in [0.717, 1.165) is 32.2 Å². The molecule has 3 nitrogen and oxygen atoms in total. The molecule has 0 aromatic carbocycles. The maximum Gasteiger partial charge on any atom is 0.223 e. The zero-order chi connectivity index (χ0) is 11.4. The molecule has 0 aromatic heterocycles. The largest absolute Gasteiger partial charge is 0.396 e. The van der Waals surface area contributed by atoms with Crippen LogP contribution in [-0.4, -0.2) is 24.2 Å². The summed E-state index contributed by atoms with van der Waals surface area (Å²) in [6.45, 7) is 1.02. The molecule has 2 bridgehead atoms. The van der Waals surface area contributed by atoms with Crippen LogP contribution < -0.4 is 5.32 Å². The van der Waals surface area contributed by atoms with Crippen LogP contribution >= 0.6 is 0 Å². The van der Waals surface area contributed by atoms with Crippen molar-refractivity contribution >= 4 is 5.91 Å². The Balaban J connectivity index is 1.63. The number of fused-ring (bicyclic) bond motifs is 2. The highest BCUT2D eigenvalue weighted by Gasteiger charge is 2.39. The van der Waals surface area contributed by atoms with Gasteiger partial charge in [-0.15, -0.1) is 0 Å². The summed E-state index contributed by atoms with van der Waals surface area (Å²) < 4.78 is 0. The molecule has 2 aliphatic carbocycles. The van der Waals surface area contributed by atoms with Crippen molar-refractivity contribution in [2.75, 3.05) is 13.2 Å². The molecule has 16 heavy (non-hydrogen) atoms. The average Bonchev–Trinajstić information content (AvgIpc) is 2.90. The number of allylic oxidation sites excluding steroid dienone is 2. The number of hydrogen-bond acceptors (Lipinski definition) is 2. The predicted octanol–water partition coefficient (Wildman–Crippen LogP) is 1.48. The highest BCUT2D eigenvalue weighted by Crippen LogP contribution is 2.43. The Labute approximate surface area is 96.9 Å². The summed E-state index contributed by atoms with van der Waals surface area (Å²) in [6.07, 6.45) is 9.51. The molecule has 3 heteroatoms. The van der Waals surface area contributed by atoms with Crippen LogP contribution in [0.2, 0.25) is 0 Å². The fraction of sp³-hybridized carbons (Fsp3) is 0.769. The van der Waals surface area contributed by atoms with Crippen molar-refractivity contribution in [1.82, 2.24) is 5.32 Å². The van der Waals surface area contributed by atoms with Crippen LogP contribution in [-0.2, 0) is 4.79 Å². The number of hydrogen-bond donors (Lipinski definition) is 2. The summed E-state index contributed by atoms with van der Waals surface area (Å²) in [6, 6.07) is 0. The Morgan fingerprint density at radius 1 is 1.25 bits per heavy atom. The summed E-state index contributed by atoms with van der Waals surface area (Å²) >= 11 is 0. The summed E-state index contributed by atoms with van der Waals surface area (Å²) in [5.74, 6) is 1.63. The minimum atomic E-state index is 0.229. The third kappa shape index (κ3) is 2.64. The zero-order valence-corrected chi connectivity index (χ0v) is 9.69. The molecular formula is C13H21NO2. The second-order valence-electron chi connectivity index (χ2n) is 4.96. The van der Waals surface area contributed by atoms with Crippen LogP contribution in [0.4, 0.5) is 0 Å². The van der Waals surface area contributed by atoms with Crippen LogP contribution in [0.3, 0.4) is 0 Å². The van der Waals surface area contributed by atoms with Crippen molar-refractivity contribution in [3.8, 4) is 0 Å². The average molecular weight is 223 g/mol. The maximum absolute atomic E-state index is 11.9. The summed E-state index contributed by atoms with van der Waals surface area (Å²) in [4.78, 5) is 11.9. The third-order valence-corrected chi connectivity index (χ3v) is 3.75. The highest BCUT2D eigenvalue weighted by atomic mass is 16.2. The van der Waals surface area contributed by atoms with E-state index in [4.69, 9.17) is 5.11 Å². The summed E-state index contributed by atoms with van der Waals surface area (Å²) in [7, 11) is 0. The topological polar surface area (TPSA) is 49.3 Å². The van der Waals surface area contributed by atoms with Gasteiger partial charge in [0.1, 0.15) is 0 Å². The van der Waals surface area contributed by atoms with E-state index >= 15 is 0 Å². The summed E-state index contributed by atoms with van der Waals surface area (Å²) in [5, 5.41) is 11.6. The van der Waals surface area contributed by atoms with Gasteiger partial charge in [0.25, 0.3) is 0 Å². The van der Waals surface area contributed by atoms with Gasteiger partial charge in [0, 0.05) is 19.1 Å². The molecule has 1 amide bonds. The number of carbonyl (C=O) groups is 1. The van der Waals surface area contributed by atoms with Crippen molar-refractivity contribution in [3.63, 3.8) is 0 Å². The van der Waals surface area contributed by atoms with Gasteiger partial charge in [-0.2, -0.15) is 0 Å². The number of rotatable bonds is 6. The van der Waals surface area contributed by atoms with E-state index in [-0.39, 0.29) is 18.4 Å². The van der Waals surface area contributed by atoms with Crippen molar-refractivity contribution in [1.29, 1.82) is 0 Å². The van der Waals surface area contributed by atoms with E-state index in [2.05, 4.69) is 17.5 Å². The standard InChI is InChI=1S/C13H21NO2/c15-7-3-1-2-6-14-13(16)12-9-10-4-5-11(12)8-10/h4-5,10-12,15H,1-3,6-9H2,(H,14,16). The van der Waals surface area contributed by atoms with E-state index in [1.165, 1.54) is 6.42 Å². The van der Waals surface area contributed by atoms with Crippen molar-refractivity contribution < 1.29 is 9.90 Å². The van der Waals surface area contributed by atoms with E-state index in [1.807, 2.05) is 0 Å². The van der Waals surface area contributed by atoms with E-state index in [0.29, 0.717) is 11.8 Å². The molecule has 0 radical (unpaired) electrons. The lowest BCUT2D eigenvalue weighted by atomic mass is 9.93. The normalized spacial score (nSPS) is 30.9. The molecule has 2 aliphatic rings. The fourth-order valence-electron chi connectivity index (χ4n) is 2.84. The lowest BCUT2D eigenvalue weighted by Gasteiger charge is -2.17. The van der Waals surface area contributed by atoms with Crippen LogP contribution in [0.1, 0.15) is 32.1 Å². The predicted molar refractivity (Wildman–Crippen MR) is 62.8 cm³/mol. The second kappa shape index (κ2) is 5.48. The van der Waals surface area contributed by atoms with Gasteiger partial charge in [0.2, 0.25) is 5.91 Å². The van der Waals surface area contributed by atoms with Gasteiger partial charge < -0.3 is 10.4 Å². The Morgan fingerprint density at radius 3 is 2.75 bits per heavy atom. The number of aliphatic hydroxyl groups is 1. The lowest BCUT2D eigenvalue weighted by molar-refractivity contribution is -0.125. The minimum absolute atomic E-state index is 0.229. The number of carbonyl (C=O) groups excluding carboxylic acids is 1. The first-order valence-corrected chi connectivity index (χ1v) is 6.38. The van der Waals surface area contributed by atoms with Gasteiger partial charge in [-0.1, -0.05) is 12.2 Å². The van der Waals surface area contributed by atoms with Crippen molar-refractivity contribution in [3.05, 3.63) is 12.2 Å². The molecule has 0 aliphatic heterocycles. The van der Waals surface area contributed by atoms with Gasteiger partial charge in [-0.05, 0) is 43.9 Å². The van der Waals surface area contributed by atoms with Crippen LogP contribution in [0.5, 0.6) is 0 Å². The van der Waals surface area contributed by atoms with Gasteiger partial charge in [-0.25, -0.2) is 0 Å². The second-order valence-corrected chi connectivity index (χ2v) is 4.96. The first kappa shape index (κ1) is 11.6. The SMILES string of the molecule is O=C(NCCCCCO)C1CC2C=CC1C2. The molecule has 0 saturated heterocycles. The highest BCUT2D eigenvalue weighted by molar-refractivity contribution is 5.79. The van der Waals surface area contributed by atoms with Crippen LogP contribution in [0.15, 0.2) is 12.2 Å². The quantitative estimate of drug-likeness (QED) is 0.529. The number of nitrogens with one attached hydrogen (secondary N) is 1. The zero-order valence-electron chi connectivity index (χ0n) is 9.69. The summed E-state index contributed by atoms with van der Waals surface area (Å²) in [5.41, 5.74) is 0. The molecule has 0 heterocycles. The first-order chi connectivity index (χ1) is 7.81. The van der Waals surface area contributed by atoms with Crippen LogP contribution in [0.25, 0.3) is 0 Å².